The second kappa shape index (κ2) is 5.35. The smallest absolute Gasteiger partial charge is 0.0600 e. The zero-order valence-corrected chi connectivity index (χ0v) is 11.2. The number of benzene rings is 2. The molecule has 3 rings (SSSR count). The van der Waals surface area contributed by atoms with E-state index in [1.807, 2.05) is 6.07 Å². The lowest BCUT2D eigenvalue weighted by molar-refractivity contribution is 0.949. The van der Waals surface area contributed by atoms with E-state index in [4.69, 9.17) is 5.73 Å². The molecule has 0 bridgehead atoms. The lowest BCUT2D eigenvalue weighted by Gasteiger charge is -2.20. The van der Waals surface area contributed by atoms with Crippen LogP contribution >= 0.6 is 0 Å². The Morgan fingerprint density at radius 1 is 0.895 bits per heavy atom. The normalized spacial score (nSPS) is 14.8. The first-order valence-electron chi connectivity index (χ1n) is 7.00. The molecule has 1 fully saturated rings. The molecule has 2 nitrogen and oxygen atoms in total. The van der Waals surface area contributed by atoms with Gasteiger partial charge >= 0.3 is 0 Å². The van der Waals surface area contributed by atoms with Crippen molar-refractivity contribution in [2.45, 2.75) is 19.3 Å². The Balaban J connectivity index is 1.79. The van der Waals surface area contributed by atoms with Gasteiger partial charge in [0.2, 0.25) is 0 Å². The first-order chi connectivity index (χ1) is 9.33. The third-order valence-electron chi connectivity index (χ3n) is 3.79. The summed E-state index contributed by atoms with van der Waals surface area (Å²) in [7, 11) is 0. The van der Waals surface area contributed by atoms with Crippen molar-refractivity contribution in [1.29, 1.82) is 0 Å². The van der Waals surface area contributed by atoms with Gasteiger partial charge in [0, 0.05) is 13.1 Å². The van der Waals surface area contributed by atoms with E-state index in [2.05, 4.69) is 47.4 Å². The number of rotatable bonds is 3. The zero-order valence-electron chi connectivity index (χ0n) is 11.2. The van der Waals surface area contributed by atoms with Crippen LogP contribution in [0.15, 0.2) is 48.5 Å². The van der Waals surface area contributed by atoms with Gasteiger partial charge in [0.1, 0.15) is 0 Å². The van der Waals surface area contributed by atoms with Gasteiger partial charge in [0.25, 0.3) is 0 Å². The van der Waals surface area contributed by atoms with Crippen molar-refractivity contribution < 1.29 is 0 Å². The largest absolute Gasteiger partial charge is 0.397 e. The molecule has 19 heavy (non-hydrogen) atoms. The van der Waals surface area contributed by atoms with Crippen molar-refractivity contribution in [3.63, 3.8) is 0 Å². The van der Waals surface area contributed by atoms with Gasteiger partial charge in [-0.05, 0) is 42.5 Å². The molecule has 0 radical (unpaired) electrons. The van der Waals surface area contributed by atoms with Crippen molar-refractivity contribution >= 4 is 11.4 Å². The average molecular weight is 252 g/mol. The molecular weight excluding hydrogens is 232 g/mol. The SMILES string of the molecule is Nc1cc(Cc2ccccc2)ccc1N1CCCC1. The molecule has 1 saturated heterocycles. The number of anilines is 2. The van der Waals surface area contributed by atoms with Crippen LogP contribution in [0.3, 0.4) is 0 Å². The Bertz CT molecular complexity index is 542. The number of nitrogens with two attached hydrogens (primary N) is 1. The van der Waals surface area contributed by atoms with Crippen LogP contribution in [-0.4, -0.2) is 13.1 Å². The van der Waals surface area contributed by atoms with Crippen LogP contribution in [0.2, 0.25) is 0 Å². The number of nitrogen functional groups attached to an aromatic ring is 1. The third kappa shape index (κ3) is 2.73. The van der Waals surface area contributed by atoms with E-state index in [1.165, 1.54) is 29.7 Å². The molecule has 0 unspecified atom stereocenters. The van der Waals surface area contributed by atoms with E-state index in [0.29, 0.717) is 0 Å². The van der Waals surface area contributed by atoms with E-state index in [0.717, 1.165) is 25.2 Å². The minimum atomic E-state index is 0.912. The Morgan fingerprint density at radius 2 is 1.63 bits per heavy atom. The van der Waals surface area contributed by atoms with Crippen LogP contribution in [0, 0.1) is 0 Å². The summed E-state index contributed by atoms with van der Waals surface area (Å²) < 4.78 is 0. The summed E-state index contributed by atoms with van der Waals surface area (Å²) in [5.74, 6) is 0. The summed E-state index contributed by atoms with van der Waals surface area (Å²) in [4.78, 5) is 2.39. The van der Waals surface area contributed by atoms with E-state index < -0.39 is 0 Å². The summed E-state index contributed by atoms with van der Waals surface area (Å²) >= 11 is 0. The standard InChI is InChI=1S/C17H20N2/c18-16-13-15(12-14-6-2-1-3-7-14)8-9-17(16)19-10-4-5-11-19/h1-3,6-9,13H,4-5,10-12,18H2. The minimum absolute atomic E-state index is 0.912. The maximum Gasteiger partial charge on any atom is 0.0600 e. The highest BCUT2D eigenvalue weighted by molar-refractivity contribution is 5.69. The van der Waals surface area contributed by atoms with Crippen molar-refractivity contribution in [2.75, 3.05) is 23.7 Å². The molecule has 1 aliphatic heterocycles. The molecule has 0 atom stereocenters. The first kappa shape index (κ1) is 12.1. The lowest BCUT2D eigenvalue weighted by Crippen LogP contribution is -2.19. The Morgan fingerprint density at radius 3 is 2.32 bits per heavy atom. The summed E-state index contributed by atoms with van der Waals surface area (Å²) in [5.41, 5.74) is 10.9. The highest BCUT2D eigenvalue weighted by Crippen LogP contribution is 2.28. The number of hydrogen-bond acceptors (Lipinski definition) is 2. The van der Waals surface area contributed by atoms with Crippen LogP contribution in [-0.2, 0) is 6.42 Å². The molecule has 0 amide bonds. The van der Waals surface area contributed by atoms with Crippen molar-refractivity contribution in [2.24, 2.45) is 0 Å². The molecule has 2 heteroatoms. The number of hydrogen-bond donors (Lipinski definition) is 1. The van der Waals surface area contributed by atoms with Gasteiger partial charge in [0.15, 0.2) is 0 Å². The van der Waals surface area contributed by atoms with Gasteiger partial charge < -0.3 is 10.6 Å². The van der Waals surface area contributed by atoms with Gasteiger partial charge in [-0.1, -0.05) is 36.4 Å². The molecule has 1 aliphatic rings. The maximum atomic E-state index is 6.21. The van der Waals surface area contributed by atoms with Gasteiger partial charge in [-0.25, -0.2) is 0 Å². The predicted octanol–water partition coefficient (Wildman–Crippen LogP) is 3.46. The fourth-order valence-corrected chi connectivity index (χ4v) is 2.79. The van der Waals surface area contributed by atoms with Crippen LogP contribution in [0.5, 0.6) is 0 Å². The summed E-state index contributed by atoms with van der Waals surface area (Å²) in [6.07, 6.45) is 3.52. The lowest BCUT2D eigenvalue weighted by atomic mass is 10.0. The predicted molar refractivity (Wildman–Crippen MR) is 81.5 cm³/mol. The fourth-order valence-electron chi connectivity index (χ4n) is 2.79. The Hall–Kier alpha value is -1.96. The fraction of sp³-hybridized carbons (Fsp3) is 0.294. The molecule has 0 aliphatic carbocycles. The van der Waals surface area contributed by atoms with E-state index in [1.54, 1.807) is 0 Å². The maximum absolute atomic E-state index is 6.21. The van der Waals surface area contributed by atoms with E-state index in [-0.39, 0.29) is 0 Å². The van der Waals surface area contributed by atoms with Gasteiger partial charge in [-0.2, -0.15) is 0 Å². The molecule has 2 aromatic rings. The molecular formula is C17H20N2. The molecule has 0 aromatic heterocycles. The molecule has 0 spiro atoms. The molecule has 1 heterocycles. The van der Waals surface area contributed by atoms with Crippen molar-refractivity contribution in [1.82, 2.24) is 0 Å². The molecule has 2 aromatic carbocycles. The Labute approximate surface area is 114 Å². The van der Waals surface area contributed by atoms with Crippen molar-refractivity contribution in [3.8, 4) is 0 Å². The Kier molecular flexibility index (Phi) is 3.41. The quantitative estimate of drug-likeness (QED) is 0.848. The van der Waals surface area contributed by atoms with Crippen LogP contribution in [0.4, 0.5) is 11.4 Å². The van der Waals surface area contributed by atoms with Crippen LogP contribution in [0.25, 0.3) is 0 Å². The van der Waals surface area contributed by atoms with Crippen LogP contribution in [0.1, 0.15) is 24.0 Å². The van der Waals surface area contributed by atoms with Gasteiger partial charge in [0.05, 0.1) is 11.4 Å². The van der Waals surface area contributed by atoms with Crippen LogP contribution < -0.4 is 10.6 Å². The topological polar surface area (TPSA) is 29.3 Å². The molecule has 98 valence electrons. The van der Waals surface area contributed by atoms with E-state index >= 15 is 0 Å². The van der Waals surface area contributed by atoms with Gasteiger partial charge in [-0.15, -0.1) is 0 Å². The monoisotopic (exact) mass is 252 g/mol. The highest BCUT2D eigenvalue weighted by atomic mass is 15.1. The second-order valence-electron chi connectivity index (χ2n) is 5.25. The first-order valence-corrected chi connectivity index (χ1v) is 7.00. The highest BCUT2D eigenvalue weighted by Gasteiger charge is 2.14. The molecule has 2 N–H and O–H groups in total. The number of nitrogens with zero attached hydrogens (tertiary/aromatic N) is 1. The minimum Gasteiger partial charge on any atom is -0.397 e. The summed E-state index contributed by atoms with van der Waals surface area (Å²) in [6.45, 7) is 2.28. The zero-order chi connectivity index (χ0) is 13.1. The average Bonchev–Trinajstić information content (AvgIpc) is 2.94. The van der Waals surface area contributed by atoms with E-state index in [9.17, 15) is 0 Å². The second-order valence-corrected chi connectivity index (χ2v) is 5.25. The van der Waals surface area contributed by atoms with Crippen molar-refractivity contribution in [3.05, 3.63) is 59.7 Å². The molecule has 0 saturated carbocycles. The third-order valence-corrected chi connectivity index (χ3v) is 3.79. The summed E-state index contributed by atoms with van der Waals surface area (Å²) in [6, 6.07) is 17.0. The summed E-state index contributed by atoms with van der Waals surface area (Å²) in [5, 5.41) is 0. The van der Waals surface area contributed by atoms with Gasteiger partial charge in [-0.3, -0.25) is 0 Å².